The molecule has 8 nitrogen and oxygen atoms in total. The molecule has 0 unspecified atom stereocenters. The summed E-state index contributed by atoms with van der Waals surface area (Å²) in [5, 5.41) is 13.9. The topological polar surface area (TPSA) is 102 Å². The molecule has 0 saturated carbocycles. The van der Waals surface area contributed by atoms with E-state index in [9.17, 15) is 9.59 Å². The highest BCUT2D eigenvalue weighted by Gasteiger charge is 2.14. The number of thioether (sulfide) groups is 1. The second kappa shape index (κ2) is 9.56. The van der Waals surface area contributed by atoms with Crippen molar-refractivity contribution >= 4 is 45.7 Å². The minimum atomic E-state index is -0.166. The quantitative estimate of drug-likeness (QED) is 0.511. The van der Waals surface area contributed by atoms with Gasteiger partial charge in [0.25, 0.3) is 0 Å². The van der Waals surface area contributed by atoms with E-state index in [0.29, 0.717) is 46.3 Å². The third kappa shape index (κ3) is 5.83. The Bertz CT molecular complexity index is 812. The van der Waals surface area contributed by atoms with Crippen molar-refractivity contribution in [3.05, 3.63) is 18.2 Å². The van der Waals surface area contributed by atoms with Crippen molar-refractivity contribution in [3.63, 3.8) is 0 Å². The van der Waals surface area contributed by atoms with E-state index in [0.717, 1.165) is 12.8 Å². The number of unbranched alkanes of at least 4 members (excludes halogenated alkanes) is 1. The average molecular weight is 409 g/mol. The Hall–Kier alpha value is -2.33. The number of nitrogens with zero attached hydrogens (tertiary/aromatic N) is 2. The molecule has 0 saturated heterocycles. The molecule has 0 fully saturated rings. The first kappa shape index (κ1) is 19.4. The summed E-state index contributed by atoms with van der Waals surface area (Å²) < 4.78 is 11.6. The lowest BCUT2D eigenvalue weighted by atomic mass is 10.2. The van der Waals surface area contributed by atoms with Crippen LogP contribution in [0, 0.1) is 0 Å². The third-order valence-corrected chi connectivity index (χ3v) is 5.53. The predicted octanol–water partition coefficient (Wildman–Crippen LogP) is 3.17. The van der Waals surface area contributed by atoms with E-state index >= 15 is 0 Å². The minimum Gasteiger partial charge on any atom is -0.486 e. The number of fused-ring (bicyclic) bond motifs is 1. The Morgan fingerprint density at radius 3 is 2.78 bits per heavy atom. The van der Waals surface area contributed by atoms with Gasteiger partial charge in [-0.05, 0) is 18.6 Å². The highest BCUT2D eigenvalue weighted by Crippen LogP contribution is 2.32. The van der Waals surface area contributed by atoms with E-state index in [1.165, 1.54) is 23.1 Å². The number of rotatable bonds is 8. The van der Waals surface area contributed by atoms with E-state index < -0.39 is 0 Å². The monoisotopic (exact) mass is 408 g/mol. The van der Waals surface area contributed by atoms with Crippen molar-refractivity contribution in [1.82, 2.24) is 10.2 Å². The molecular weight excluding hydrogens is 388 g/mol. The maximum absolute atomic E-state index is 12.1. The van der Waals surface area contributed by atoms with Gasteiger partial charge < -0.3 is 20.1 Å². The SMILES string of the molecule is CCCCC(=O)Nc1nnc(SCC(=O)Nc2ccc3c(c2)OCCO3)s1. The number of carbonyl (C=O) groups is 2. The zero-order valence-corrected chi connectivity index (χ0v) is 16.5. The van der Waals surface area contributed by atoms with Crippen LogP contribution in [0.15, 0.2) is 22.5 Å². The maximum Gasteiger partial charge on any atom is 0.234 e. The second-order valence-electron chi connectivity index (χ2n) is 5.72. The molecule has 1 aromatic carbocycles. The minimum absolute atomic E-state index is 0.0686. The maximum atomic E-state index is 12.1. The van der Waals surface area contributed by atoms with Gasteiger partial charge >= 0.3 is 0 Å². The van der Waals surface area contributed by atoms with Crippen molar-refractivity contribution < 1.29 is 19.1 Å². The standard InChI is InChI=1S/C17H20N4O4S2/c1-2-3-4-14(22)19-16-20-21-17(27-16)26-10-15(23)18-11-5-6-12-13(9-11)25-8-7-24-12/h5-6,9H,2-4,7-8,10H2,1H3,(H,18,23)(H,19,20,22). The number of ether oxygens (including phenoxy) is 2. The number of anilines is 2. The molecule has 144 valence electrons. The van der Waals surface area contributed by atoms with Crippen LogP contribution in [0.25, 0.3) is 0 Å². The lowest BCUT2D eigenvalue weighted by molar-refractivity contribution is -0.116. The molecule has 10 heteroatoms. The zero-order chi connectivity index (χ0) is 19.1. The van der Waals surface area contributed by atoms with Crippen LogP contribution in [0.5, 0.6) is 11.5 Å². The summed E-state index contributed by atoms with van der Waals surface area (Å²) in [5.41, 5.74) is 0.644. The molecule has 27 heavy (non-hydrogen) atoms. The summed E-state index contributed by atoms with van der Waals surface area (Å²) in [4.78, 5) is 23.8. The molecule has 3 rings (SSSR count). The number of benzene rings is 1. The first-order valence-corrected chi connectivity index (χ1v) is 10.4. The fourth-order valence-electron chi connectivity index (χ4n) is 2.28. The Balaban J connectivity index is 1.46. The normalized spacial score (nSPS) is 12.5. The van der Waals surface area contributed by atoms with E-state index in [1.54, 1.807) is 18.2 Å². The lowest BCUT2D eigenvalue weighted by Gasteiger charge is -2.18. The molecule has 0 atom stereocenters. The largest absolute Gasteiger partial charge is 0.486 e. The van der Waals surface area contributed by atoms with Crippen molar-refractivity contribution in [2.75, 3.05) is 29.6 Å². The number of nitrogens with one attached hydrogen (secondary N) is 2. The summed E-state index contributed by atoms with van der Waals surface area (Å²) >= 11 is 2.52. The predicted molar refractivity (Wildman–Crippen MR) is 105 cm³/mol. The Morgan fingerprint density at radius 2 is 1.96 bits per heavy atom. The van der Waals surface area contributed by atoms with Crippen molar-refractivity contribution in [2.24, 2.45) is 0 Å². The summed E-state index contributed by atoms with van der Waals surface area (Å²) in [6.07, 6.45) is 2.27. The highest BCUT2D eigenvalue weighted by molar-refractivity contribution is 8.01. The molecule has 0 aliphatic carbocycles. The fraction of sp³-hybridized carbons (Fsp3) is 0.412. The molecule has 2 N–H and O–H groups in total. The van der Waals surface area contributed by atoms with Crippen LogP contribution in [-0.4, -0.2) is 41.0 Å². The van der Waals surface area contributed by atoms with Gasteiger partial charge in [0.1, 0.15) is 13.2 Å². The van der Waals surface area contributed by atoms with E-state index in [2.05, 4.69) is 20.8 Å². The van der Waals surface area contributed by atoms with Crippen LogP contribution in [0.3, 0.4) is 0 Å². The van der Waals surface area contributed by atoms with Gasteiger partial charge in [-0.2, -0.15) is 0 Å². The third-order valence-electron chi connectivity index (χ3n) is 3.56. The number of amides is 2. The van der Waals surface area contributed by atoms with Gasteiger partial charge in [-0.1, -0.05) is 36.4 Å². The van der Waals surface area contributed by atoms with Crippen LogP contribution in [0.1, 0.15) is 26.2 Å². The summed E-state index contributed by atoms with van der Waals surface area (Å²) in [6.45, 7) is 3.05. The zero-order valence-electron chi connectivity index (χ0n) is 14.8. The molecule has 1 aliphatic rings. The smallest absolute Gasteiger partial charge is 0.234 e. The number of carbonyl (C=O) groups excluding carboxylic acids is 2. The fourth-order valence-corrected chi connectivity index (χ4v) is 3.85. The van der Waals surface area contributed by atoms with Crippen molar-refractivity contribution in [1.29, 1.82) is 0 Å². The van der Waals surface area contributed by atoms with Gasteiger partial charge in [0, 0.05) is 18.2 Å². The summed E-state index contributed by atoms with van der Waals surface area (Å²) in [6, 6.07) is 5.28. The van der Waals surface area contributed by atoms with Crippen LogP contribution >= 0.6 is 23.1 Å². The lowest BCUT2D eigenvalue weighted by Crippen LogP contribution is -2.17. The van der Waals surface area contributed by atoms with E-state index in [-0.39, 0.29) is 17.6 Å². The van der Waals surface area contributed by atoms with Gasteiger partial charge in [-0.3, -0.25) is 9.59 Å². The van der Waals surface area contributed by atoms with Crippen molar-refractivity contribution in [2.45, 2.75) is 30.5 Å². The molecule has 2 amide bonds. The van der Waals surface area contributed by atoms with Gasteiger partial charge in [0.2, 0.25) is 16.9 Å². The van der Waals surface area contributed by atoms with Gasteiger partial charge in [-0.15, -0.1) is 10.2 Å². The van der Waals surface area contributed by atoms with Crippen LogP contribution in [-0.2, 0) is 9.59 Å². The molecular formula is C17H20N4O4S2. The average Bonchev–Trinajstić information content (AvgIpc) is 3.12. The number of hydrogen-bond donors (Lipinski definition) is 2. The van der Waals surface area contributed by atoms with Crippen LogP contribution in [0.2, 0.25) is 0 Å². The Labute approximate surface area is 165 Å². The van der Waals surface area contributed by atoms with Crippen molar-refractivity contribution in [3.8, 4) is 11.5 Å². The summed E-state index contributed by atoms with van der Waals surface area (Å²) in [7, 11) is 0. The Morgan fingerprint density at radius 1 is 1.15 bits per heavy atom. The van der Waals surface area contributed by atoms with E-state index in [4.69, 9.17) is 9.47 Å². The number of aromatic nitrogens is 2. The molecule has 1 aliphatic heterocycles. The molecule has 2 aromatic rings. The molecule has 0 radical (unpaired) electrons. The second-order valence-corrected chi connectivity index (χ2v) is 7.92. The number of hydrogen-bond acceptors (Lipinski definition) is 8. The van der Waals surface area contributed by atoms with Crippen LogP contribution in [0.4, 0.5) is 10.8 Å². The van der Waals surface area contributed by atoms with Gasteiger partial charge in [-0.25, -0.2) is 0 Å². The first-order chi connectivity index (χ1) is 13.1. The Kier molecular flexibility index (Phi) is 6.88. The molecule has 1 aromatic heterocycles. The van der Waals surface area contributed by atoms with E-state index in [1.807, 2.05) is 6.92 Å². The molecule has 0 bridgehead atoms. The summed E-state index contributed by atoms with van der Waals surface area (Å²) in [5.74, 6) is 1.25. The van der Waals surface area contributed by atoms with Crippen LogP contribution < -0.4 is 20.1 Å². The van der Waals surface area contributed by atoms with Gasteiger partial charge in [0.15, 0.2) is 15.8 Å². The molecule has 0 spiro atoms. The highest BCUT2D eigenvalue weighted by atomic mass is 32.2. The van der Waals surface area contributed by atoms with Gasteiger partial charge in [0.05, 0.1) is 5.75 Å². The first-order valence-electron chi connectivity index (χ1n) is 8.59. The molecule has 2 heterocycles.